The van der Waals surface area contributed by atoms with Crippen molar-refractivity contribution >= 4 is 27.5 Å². The lowest BCUT2D eigenvalue weighted by Gasteiger charge is -2.20. The summed E-state index contributed by atoms with van der Waals surface area (Å²) in [5.74, 6) is 0.362. The largest absolute Gasteiger partial charge is 0.304 e. The van der Waals surface area contributed by atoms with Crippen LogP contribution < -0.4 is 5.32 Å². The van der Waals surface area contributed by atoms with Gasteiger partial charge < -0.3 is 5.32 Å². The van der Waals surface area contributed by atoms with Crippen LogP contribution in [0, 0.1) is 0 Å². The van der Waals surface area contributed by atoms with Crippen molar-refractivity contribution < 1.29 is 0 Å². The van der Waals surface area contributed by atoms with Gasteiger partial charge >= 0.3 is 0 Å². The van der Waals surface area contributed by atoms with E-state index in [2.05, 4.69) is 63.6 Å². The first-order chi connectivity index (χ1) is 10.1. The van der Waals surface area contributed by atoms with Crippen LogP contribution in [-0.4, -0.2) is 25.9 Å². The molecule has 116 valence electrons. The molecule has 21 heavy (non-hydrogen) atoms. The van der Waals surface area contributed by atoms with Crippen molar-refractivity contribution in [3.8, 4) is 0 Å². The highest BCUT2D eigenvalue weighted by atomic mass is 79.9. The topological polar surface area (TPSA) is 55.6 Å². The Morgan fingerprint density at radius 3 is 2.76 bits per heavy atom. The Morgan fingerprint density at radius 1 is 1.38 bits per heavy atom. The van der Waals surface area contributed by atoms with Crippen LogP contribution >= 0.6 is 27.5 Å². The van der Waals surface area contributed by atoms with E-state index < -0.39 is 0 Å². The SMILES string of the molecule is CCCNC(c1snnc1C(C)C)c1c(Br)cnn1CC. The fourth-order valence-electron chi connectivity index (χ4n) is 2.32. The molecule has 1 unspecified atom stereocenters. The number of nitrogens with zero attached hydrogens (tertiary/aromatic N) is 4. The zero-order valence-corrected chi connectivity index (χ0v) is 15.3. The number of halogens is 1. The van der Waals surface area contributed by atoms with E-state index >= 15 is 0 Å². The van der Waals surface area contributed by atoms with Gasteiger partial charge in [0.2, 0.25) is 0 Å². The Kier molecular flexibility index (Phi) is 5.89. The summed E-state index contributed by atoms with van der Waals surface area (Å²) < 4.78 is 7.23. The maximum absolute atomic E-state index is 4.44. The second-order valence-electron chi connectivity index (χ2n) is 5.26. The summed E-state index contributed by atoms with van der Waals surface area (Å²) in [6.45, 7) is 10.4. The maximum Gasteiger partial charge on any atom is 0.0888 e. The van der Waals surface area contributed by atoms with Gasteiger partial charge in [-0.2, -0.15) is 5.10 Å². The Morgan fingerprint density at radius 2 is 2.14 bits per heavy atom. The smallest absolute Gasteiger partial charge is 0.0888 e. The number of aryl methyl sites for hydroxylation is 1. The van der Waals surface area contributed by atoms with Crippen LogP contribution in [0.4, 0.5) is 0 Å². The fourth-order valence-corrected chi connectivity index (χ4v) is 3.73. The molecule has 2 rings (SSSR count). The predicted octanol–water partition coefficient (Wildman–Crippen LogP) is 3.73. The van der Waals surface area contributed by atoms with Crippen LogP contribution in [0.5, 0.6) is 0 Å². The third-order valence-corrected chi connectivity index (χ3v) is 4.77. The van der Waals surface area contributed by atoms with Gasteiger partial charge in [0.1, 0.15) is 0 Å². The predicted molar refractivity (Wildman–Crippen MR) is 89.7 cm³/mol. The standard InChI is InChI=1S/C14H22BrN5S/c1-5-7-16-12(13-10(15)8-17-20(13)6-2)14-11(9(3)4)18-19-21-14/h8-9,12,16H,5-7H2,1-4H3. The lowest BCUT2D eigenvalue weighted by molar-refractivity contribution is 0.528. The minimum Gasteiger partial charge on any atom is -0.304 e. The average molecular weight is 372 g/mol. The summed E-state index contributed by atoms with van der Waals surface area (Å²) in [6, 6.07) is 0.0826. The summed E-state index contributed by atoms with van der Waals surface area (Å²) in [4.78, 5) is 1.19. The molecule has 2 heterocycles. The zero-order valence-electron chi connectivity index (χ0n) is 12.9. The second kappa shape index (κ2) is 7.47. The van der Waals surface area contributed by atoms with Crippen LogP contribution in [0.3, 0.4) is 0 Å². The van der Waals surface area contributed by atoms with Gasteiger partial charge in [-0.25, -0.2) is 0 Å². The summed E-state index contributed by atoms with van der Waals surface area (Å²) in [7, 11) is 0. The minimum atomic E-state index is 0.0826. The van der Waals surface area contributed by atoms with Crippen LogP contribution in [0.15, 0.2) is 10.7 Å². The number of rotatable bonds is 7. The highest BCUT2D eigenvalue weighted by Crippen LogP contribution is 2.34. The van der Waals surface area contributed by atoms with Gasteiger partial charge in [-0.15, -0.1) is 5.10 Å². The number of hydrogen-bond acceptors (Lipinski definition) is 5. The Balaban J connectivity index is 2.47. The molecule has 0 aliphatic rings. The molecule has 0 aromatic carbocycles. The first kappa shape index (κ1) is 16.6. The third-order valence-electron chi connectivity index (χ3n) is 3.35. The van der Waals surface area contributed by atoms with Crippen LogP contribution in [0.1, 0.15) is 62.3 Å². The van der Waals surface area contributed by atoms with Crippen molar-refractivity contribution in [3.05, 3.63) is 26.9 Å². The molecular weight excluding hydrogens is 350 g/mol. The first-order valence-electron chi connectivity index (χ1n) is 7.36. The molecular formula is C14H22BrN5S. The first-order valence-corrected chi connectivity index (χ1v) is 8.93. The molecule has 2 aromatic heterocycles. The fraction of sp³-hybridized carbons (Fsp3) is 0.643. The van der Waals surface area contributed by atoms with E-state index in [4.69, 9.17) is 0 Å². The van der Waals surface area contributed by atoms with Crippen molar-refractivity contribution in [2.45, 2.75) is 52.6 Å². The van der Waals surface area contributed by atoms with Crippen molar-refractivity contribution in [2.24, 2.45) is 0 Å². The van der Waals surface area contributed by atoms with Crippen LogP contribution in [-0.2, 0) is 6.54 Å². The van der Waals surface area contributed by atoms with E-state index in [1.165, 1.54) is 16.4 Å². The quantitative estimate of drug-likeness (QED) is 0.805. The van der Waals surface area contributed by atoms with Gasteiger partial charge in [0.15, 0.2) is 0 Å². The van der Waals surface area contributed by atoms with Crippen molar-refractivity contribution in [1.29, 1.82) is 0 Å². The lowest BCUT2D eigenvalue weighted by Crippen LogP contribution is -2.26. The van der Waals surface area contributed by atoms with Crippen molar-refractivity contribution in [2.75, 3.05) is 6.54 Å². The minimum absolute atomic E-state index is 0.0826. The second-order valence-corrected chi connectivity index (χ2v) is 6.90. The molecule has 1 N–H and O–H groups in total. The van der Waals surface area contributed by atoms with Crippen molar-refractivity contribution in [1.82, 2.24) is 24.7 Å². The van der Waals surface area contributed by atoms with E-state index in [1.54, 1.807) is 0 Å². The molecule has 0 bridgehead atoms. The molecule has 0 spiro atoms. The summed E-state index contributed by atoms with van der Waals surface area (Å²) in [6.07, 6.45) is 2.95. The summed E-state index contributed by atoms with van der Waals surface area (Å²) in [5.41, 5.74) is 2.23. The van der Waals surface area contributed by atoms with E-state index in [1.807, 2.05) is 10.9 Å². The number of nitrogens with one attached hydrogen (secondary N) is 1. The molecule has 0 fully saturated rings. The van der Waals surface area contributed by atoms with E-state index in [9.17, 15) is 0 Å². The Hall–Kier alpha value is -0.790. The van der Waals surface area contributed by atoms with E-state index in [0.29, 0.717) is 5.92 Å². The molecule has 1 atom stereocenters. The molecule has 0 saturated carbocycles. The van der Waals surface area contributed by atoms with Gasteiger partial charge in [-0.3, -0.25) is 4.68 Å². The van der Waals surface area contributed by atoms with Gasteiger partial charge in [-0.05, 0) is 53.3 Å². The molecule has 0 aliphatic heterocycles. The summed E-state index contributed by atoms with van der Waals surface area (Å²) in [5, 5.41) is 12.4. The molecule has 0 aliphatic carbocycles. The van der Waals surface area contributed by atoms with Gasteiger partial charge in [0.25, 0.3) is 0 Å². The number of aromatic nitrogens is 4. The highest BCUT2D eigenvalue weighted by Gasteiger charge is 2.27. The van der Waals surface area contributed by atoms with E-state index in [0.717, 1.165) is 35.4 Å². The monoisotopic (exact) mass is 371 g/mol. The van der Waals surface area contributed by atoms with Crippen LogP contribution in [0.2, 0.25) is 0 Å². The Bertz CT molecular complexity index is 578. The number of hydrogen-bond donors (Lipinski definition) is 1. The summed E-state index contributed by atoms with van der Waals surface area (Å²) >= 11 is 5.12. The Labute approximate surface area is 138 Å². The molecule has 0 saturated heterocycles. The lowest BCUT2D eigenvalue weighted by atomic mass is 10.0. The third kappa shape index (κ3) is 3.52. The molecule has 5 nitrogen and oxygen atoms in total. The van der Waals surface area contributed by atoms with Crippen LogP contribution in [0.25, 0.3) is 0 Å². The van der Waals surface area contributed by atoms with E-state index in [-0.39, 0.29) is 6.04 Å². The molecule has 0 amide bonds. The van der Waals surface area contributed by atoms with Gasteiger partial charge in [0.05, 0.1) is 33.0 Å². The zero-order chi connectivity index (χ0) is 15.4. The molecule has 7 heteroatoms. The highest BCUT2D eigenvalue weighted by molar-refractivity contribution is 9.10. The van der Waals surface area contributed by atoms with Crippen molar-refractivity contribution in [3.63, 3.8) is 0 Å². The average Bonchev–Trinajstić information content (AvgIpc) is 3.07. The normalized spacial score (nSPS) is 13.0. The van der Waals surface area contributed by atoms with Gasteiger partial charge in [0, 0.05) is 6.54 Å². The molecule has 2 aromatic rings. The maximum atomic E-state index is 4.44. The van der Waals surface area contributed by atoms with Gasteiger partial charge in [-0.1, -0.05) is 25.3 Å². The molecule has 0 radical (unpaired) electrons.